The van der Waals surface area contributed by atoms with Crippen LogP contribution in [0.3, 0.4) is 0 Å². The Kier molecular flexibility index (Phi) is 6.37. The smallest absolute Gasteiger partial charge is 0.288 e. The molecule has 2 aromatic heterocycles. The molecule has 0 bridgehead atoms. The summed E-state index contributed by atoms with van der Waals surface area (Å²) in [6.45, 7) is 0.977. The average Bonchev–Trinajstić information content (AvgIpc) is 3.70. The number of carbonyl (C=O) groups is 1. The first-order valence-corrected chi connectivity index (χ1v) is 13.1. The molecule has 196 valence electrons. The van der Waals surface area contributed by atoms with Crippen molar-refractivity contribution in [2.45, 2.75) is 31.7 Å². The summed E-state index contributed by atoms with van der Waals surface area (Å²) in [4.78, 5) is 27.9. The summed E-state index contributed by atoms with van der Waals surface area (Å²) < 4.78 is 7.85. The molecule has 0 radical (unpaired) electrons. The Bertz CT molecular complexity index is 1660. The number of nitrogens with one attached hydrogen (secondary N) is 1. The number of nitrogens with zero attached hydrogens (tertiary/aromatic N) is 4. The molecular weight excluding hydrogens is 492 g/mol. The van der Waals surface area contributed by atoms with E-state index in [1.165, 1.54) is 0 Å². The fourth-order valence-electron chi connectivity index (χ4n) is 5.26. The van der Waals surface area contributed by atoms with Gasteiger partial charge < -0.3 is 19.9 Å². The third kappa shape index (κ3) is 4.89. The molecule has 2 fully saturated rings. The minimum Gasteiger partial charge on any atom is -0.457 e. The van der Waals surface area contributed by atoms with Gasteiger partial charge in [0.25, 0.3) is 11.5 Å². The number of carbonyl (C=O) groups excluding carboxylic acids is 1. The maximum atomic E-state index is 13.2. The van der Waals surface area contributed by atoms with E-state index in [1.54, 1.807) is 11.0 Å². The topological polar surface area (TPSA) is 130 Å². The molecule has 3 heterocycles. The van der Waals surface area contributed by atoms with E-state index < -0.39 is 0 Å². The third-order valence-electron chi connectivity index (χ3n) is 7.38. The maximum absolute atomic E-state index is 13.2. The highest BCUT2D eigenvalue weighted by Gasteiger charge is 2.30. The second kappa shape index (κ2) is 10.1. The lowest BCUT2D eigenvalue weighted by Gasteiger charge is -2.33. The number of nitrogen functional groups attached to an aromatic ring is 1. The van der Waals surface area contributed by atoms with Crippen LogP contribution >= 0.6 is 0 Å². The number of ether oxygens (including phenoxy) is 1. The van der Waals surface area contributed by atoms with Crippen molar-refractivity contribution in [1.29, 1.82) is 5.26 Å². The van der Waals surface area contributed by atoms with Gasteiger partial charge >= 0.3 is 0 Å². The summed E-state index contributed by atoms with van der Waals surface area (Å²) in [5.74, 6) is 1.75. The molecule has 0 unspecified atom stereocenters. The number of anilines is 1. The minimum atomic E-state index is -0.343. The normalized spacial score (nSPS) is 17.7. The first-order chi connectivity index (χ1) is 19.0. The van der Waals surface area contributed by atoms with E-state index in [0.29, 0.717) is 35.7 Å². The van der Waals surface area contributed by atoms with Crippen LogP contribution in [0.1, 0.15) is 31.7 Å². The molecule has 4 aromatic rings. The Morgan fingerprint density at radius 3 is 2.56 bits per heavy atom. The van der Waals surface area contributed by atoms with Gasteiger partial charge in [-0.2, -0.15) is 10.4 Å². The van der Waals surface area contributed by atoms with Gasteiger partial charge in [0, 0.05) is 24.8 Å². The number of allylic oxidation sites excluding steroid dienone is 1. The minimum absolute atomic E-state index is 0.150. The second-order valence-electron chi connectivity index (χ2n) is 10.1. The van der Waals surface area contributed by atoms with Gasteiger partial charge in [-0.05, 0) is 61.4 Å². The first kappa shape index (κ1) is 24.5. The van der Waals surface area contributed by atoms with E-state index >= 15 is 0 Å². The van der Waals surface area contributed by atoms with Crippen LogP contribution in [0.25, 0.3) is 22.0 Å². The average molecular weight is 521 g/mol. The standard InChI is InChI=1S/C30H28N6O3/c31-16-21(15-19-8-9-19)30(38)35-14-4-5-22(17-35)36-18-25(26-27(36)29(37)34-33-28(26)32)20-10-12-24(13-11-20)39-23-6-2-1-3-7-23/h1-3,6-7,10-13,15,18-19,22H,4-5,8-9,14,17H2,(H2,32,33)(H,34,37)/b21-15-/t22-/m1/s1. The zero-order valence-corrected chi connectivity index (χ0v) is 21.3. The van der Waals surface area contributed by atoms with Gasteiger partial charge in [-0.3, -0.25) is 9.59 Å². The lowest BCUT2D eigenvalue weighted by molar-refractivity contribution is -0.128. The highest BCUT2D eigenvalue weighted by Crippen LogP contribution is 2.37. The molecule has 0 spiro atoms. The Morgan fingerprint density at radius 1 is 1.10 bits per heavy atom. The molecule has 1 aliphatic heterocycles. The van der Waals surface area contributed by atoms with Crippen LogP contribution < -0.4 is 16.0 Å². The van der Waals surface area contributed by atoms with Crippen molar-refractivity contribution in [1.82, 2.24) is 19.7 Å². The number of para-hydroxylation sites is 1. The van der Waals surface area contributed by atoms with E-state index in [0.717, 1.165) is 42.6 Å². The third-order valence-corrected chi connectivity index (χ3v) is 7.38. The largest absolute Gasteiger partial charge is 0.457 e. The van der Waals surface area contributed by atoms with Gasteiger partial charge in [0.2, 0.25) is 0 Å². The molecule has 6 rings (SSSR count). The Balaban J connectivity index is 1.34. The number of nitrogens with two attached hydrogens (primary N) is 1. The van der Waals surface area contributed by atoms with Crippen molar-refractivity contribution in [3.8, 4) is 28.7 Å². The number of aromatic amines is 1. The van der Waals surface area contributed by atoms with Gasteiger partial charge in [0.15, 0.2) is 5.82 Å². The highest BCUT2D eigenvalue weighted by atomic mass is 16.5. The molecule has 1 saturated carbocycles. The number of H-pyrrole nitrogens is 1. The van der Waals surface area contributed by atoms with Gasteiger partial charge in [-0.1, -0.05) is 36.4 Å². The second-order valence-corrected chi connectivity index (χ2v) is 10.1. The lowest BCUT2D eigenvalue weighted by Crippen LogP contribution is -2.41. The zero-order valence-electron chi connectivity index (χ0n) is 21.3. The number of amides is 1. The Morgan fingerprint density at radius 2 is 1.85 bits per heavy atom. The first-order valence-electron chi connectivity index (χ1n) is 13.1. The molecule has 9 heteroatoms. The molecule has 3 N–H and O–H groups in total. The van der Waals surface area contributed by atoms with Gasteiger partial charge in [0.05, 0.1) is 11.4 Å². The monoisotopic (exact) mass is 520 g/mol. The molecule has 1 aliphatic carbocycles. The Hall–Kier alpha value is -4.84. The SMILES string of the molecule is N#C/C(=C/C1CC1)C(=O)N1CCC[C@@H](n2cc(-c3ccc(Oc4ccccc4)cc3)c3c(N)n[nH]c(=O)c32)C1. The van der Waals surface area contributed by atoms with Crippen LogP contribution in [0.2, 0.25) is 0 Å². The summed E-state index contributed by atoms with van der Waals surface area (Å²) in [5.41, 5.74) is 8.23. The Labute approximate surface area is 225 Å². The highest BCUT2D eigenvalue weighted by molar-refractivity contribution is 6.02. The van der Waals surface area contributed by atoms with Crippen molar-refractivity contribution in [3.05, 3.63) is 82.8 Å². The number of aromatic nitrogens is 3. The zero-order chi connectivity index (χ0) is 26.9. The van der Waals surface area contributed by atoms with Gasteiger partial charge in [0.1, 0.15) is 28.7 Å². The summed E-state index contributed by atoms with van der Waals surface area (Å²) >= 11 is 0. The van der Waals surface area contributed by atoms with E-state index in [-0.39, 0.29) is 28.9 Å². The molecule has 1 saturated heterocycles. The molecule has 2 aliphatic rings. The maximum Gasteiger partial charge on any atom is 0.288 e. The van der Waals surface area contributed by atoms with Crippen LogP contribution in [0.4, 0.5) is 5.82 Å². The summed E-state index contributed by atoms with van der Waals surface area (Å²) in [6.07, 6.45) is 7.32. The molecular formula is C30H28N6O3. The lowest BCUT2D eigenvalue weighted by atomic mass is 10.0. The van der Waals surface area contributed by atoms with E-state index in [4.69, 9.17) is 10.5 Å². The van der Waals surface area contributed by atoms with Crippen molar-refractivity contribution in [3.63, 3.8) is 0 Å². The number of rotatable bonds is 6. The molecule has 39 heavy (non-hydrogen) atoms. The van der Waals surface area contributed by atoms with Crippen molar-refractivity contribution in [2.75, 3.05) is 18.8 Å². The van der Waals surface area contributed by atoms with Crippen LogP contribution in [0.5, 0.6) is 11.5 Å². The number of nitriles is 1. The summed E-state index contributed by atoms with van der Waals surface area (Å²) in [5, 5.41) is 16.7. The van der Waals surface area contributed by atoms with E-state index in [2.05, 4.69) is 16.3 Å². The number of piperidine rings is 1. The number of hydrogen-bond acceptors (Lipinski definition) is 6. The number of benzene rings is 2. The van der Waals surface area contributed by atoms with Crippen molar-refractivity contribution in [2.24, 2.45) is 5.92 Å². The van der Waals surface area contributed by atoms with Gasteiger partial charge in [-0.15, -0.1) is 0 Å². The molecule has 1 amide bonds. The van der Waals surface area contributed by atoms with E-state index in [1.807, 2.05) is 65.4 Å². The van der Waals surface area contributed by atoms with Crippen molar-refractivity contribution < 1.29 is 9.53 Å². The fraction of sp³-hybridized carbons (Fsp3) is 0.267. The van der Waals surface area contributed by atoms with Crippen LogP contribution in [-0.2, 0) is 4.79 Å². The molecule has 9 nitrogen and oxygen atoms in total. The summed E-state index contributed by atoms with van der Waals surface area (Å²) in [7, 11) is 0. The van der Waals surface area contributed by atoms with Crippen LogP contribution in [0, 0.1) is 17.2 Å². The quantitative estimate of drug-likeness (QED) is 0.278. The van der Waals surface area contributed by atoms with Gasteiger partial charge in [-0.25, -0.2) is 5.10 Å². The van der Waals surface area contributed by atoms with Crippen molar-refractivity contribution >= 4 is 22.6 Å². The predicted molar refractivity (Wildman–Crippen MR) is 148 cm³/mol. The molecule has 2 aromatic carbocycles. The number of likely N-dealkylation sites (tertiary alicyclic amines) is 1. The fourth-order valence-corrected chi connectivity index (χ4v) is 5.26. The predicted octanol–water partition coefficient (Wildman–Crippen LogP) is 4.79. The van der Waals surface area contributed by atoms with Crippen LogP contribution in [0.15, 0.2) is 77.2 Å². The molecule has 1 atom stereocenters. The summed E-state index contributed by atoms with van der Waals surface area (Å²) in [6, 6.07) is 19.1. The van der Waals surface area contributed by atoms with E-state index in [9.17, 15) is 14.9 Å². The number of hydrogen-bond donors (Lipinski definition) is 2. The number of fused-ring (bicyclic) bond motifs is 1. The van der Waals surface area contributed by atoms with Crippen LogP contribution in [-0.4, -0.2) is 38.7 Å².